The van der Waals surface area contributed by atoms with Gasteiger partial charge in [0.1, 0.15) is 11.3 Å². The highest BCUT2D eigenvalue weighted by molar-refractivity contribution is 7.90. The predicted octanol–water partition coefficient (Wildman–Crippen LogP) is 1.26. The highest BCUT2D eigenvalue weighted by Gasteiger charge is 2.10. The minimum absolute atomic E-state index is 0.332. The van der Waals surface area contributed by atoms with E-state index < -0.39 is 9.84 Å². The zero-order valence-electron chi connectivity index (χ0n) is 9.97. The number of benzene rings is 1. The van der Waals surface area contributed by atoms with Gasteiger partial charge in [-0.3, -0.25) is 4.68 Å². The number of aromatic nitrogens is 2. The fourth-order valence-corrected chi connectivity index (χ4v) is 1.96. The lowest BCUT2D eigenvalue weighted by molar-refractivity contribution is 0.381. The predicted molar refractivity (Wildman–Crippen MR) is 65.8 cm³/mol. The molecule has 1 heterocycles. The van der Waals surface area contributed by atoms with E-state index in [0.717, 1.165) is 17.2 Å². The number of hydrogen-bond acceptors (Lipinski definition) is 4. The van der Waals surface area contributed by atoms with Gasteiger partial charge in [-0.2, -0.15) is 5.10 Å². The van der Waals surface area contributed by atoms with Crippen LogP contribution < -0.4 is 4.74 Å². The standard InChI is InChI=1S/C11H14N2O3S/c1-8-4-5-10(16-7-17(3,14)15)11-9(8)6-13(2)12-11/h4-6H,7H2,1-3H3. The molecule has 0 N–H and O–H groups in total. The first kappa shape index (κ1) is 11.9. The Morgan fingerprint density at radius 3 is 2.76 bits per heavy atom. The molecule has 0 fully saturated rings. The normalized spacial score (nSPS) is 11.9. The maximum absolute atomic E-state index is 11.1. The summed E-state index contributed by atoms with van der Waals surface area (Å²) in [5, 5.41) is 5.24. The van der Waals surface area contributed by atoms with E-state index in [1.165, 1.54) is 0 Å². The summed E-state index contributed by atoms with van der Waals surface area (Å²) >= 11 is 0. The average Bonchev–Trinajstić information content (AvgIpc) is 2.58. The van der Waals surface area contributed by atoms with Gasteiger partial charge in [-0.25, -0.2) is 8.42 Å². The number of rotatable bonds is 3. The molecule has 0 unspecified atom stereocenters. The van der Waals surface area contributed by atoms with E-state index in [-0.39, 0.29) is 5.94 Å². The van der Waals surface area contributed by atoms with Gasteiger partial charge in [0.05, 0.1) is 0 Å². The van der Waals surface area contributed by atoms with Crippen LogP contribution in [0.15, 0.2) is 18.3 Å². The van der Waals surface area contributed by atoms with Crippen molar-refractivity contribution in [3.8, 4) is 5.75 Å². The lowest BCUT2D eigenvalue weighted by atomic mass is 10.1. The Kier molecular flexibility index (Phi) is 2.82. The molecule has 0 atom stereocenters. The van der Waals surface area contributed by atoms with Crippen LogP contribution in [0.25, 0.3) is 10.9 Å². The average molecular weight is 254 g/mol. The number of sulfone groups is 1. The molecule has 0 saturated heterocycles. The van der Waals surface area contributed by atoms with Crippen molar-refractivity contribution in [3.05, 3.63) is 23.9 Å². The second-order valence-corrected chi connectivity index (χ2v) is 6.22. The quantitative estimate of drug-likeness (QED) is 0.827. The van der Waals surface area contributed by atoms with Crippen molar-refractivity contribution in [2.24, 2.45) is 7.05 Å². The number of hydrogen-bond donors (Lipinski definition) is 0. The van der Waals surface area contributed by atoms with Crippen molar-refractivity contribution in [1.82, 2.24) is 9.78 Å². The first-order chi connectivity index (χ1) is 7.87. The first-order valence-corrected chi connectivity index (χ1v) is 7.16. The molecule has 2 aromatic rings. The number of fused-ring (bicyclic) bond motifs is 1. The van der Waals surface area contributed by atoms with Crippen LogP contribution in [0.5, 0.6) is 5.75 Å². The highest BCUT2D eigenvalue weighted by atomic mass is 32.2. The van der Waals surface area contributed by atoms with Gasteiger partial charge in [0.15, 0.2) is 15.8 Å². The monoisotopic (exact) mass is 254 g/mol. The molecule has 2 rings (SSSR count). The Labute approximate surface area is 99.9 Å². The van der Waals surface area contributed by atoms with Crippen LogP contribution >= 0.6 is 0 Å². The highest BCUT2D eigenvalue weighted by Crippen LogP contribution is 2.26. The molecule has 17 heavy (non-hydrogen) atoms. The zero-order valence-corrected chi connectivity index (χ0v) is 10.8. The SMILES string of the molecule is Cc1ccc(OCS(C)(=O)=O)c2nn(C)cc12. The number of ether oxygens (including phenoxy) is 1. The second-order valence-electron chi connectivity index (χ2n) is 4.13. The fourth-order valence-electron chi connectivity index (χ4n) is 1.62. The van der Waals surface area contributed by atoms with Crippen LogP contribution in [-0.4, -0.2) is 30.4 Å². The van der Waals surface area contributed by atoms with Gasteiger partial charge in [-0.1, -0.05) is 6.07 Å². The molecule has 0 radical (unpaired) electrons. The van der Waals surface area contributed by atoms with E-state index in [1.54, 1.807) is 10.7 Å². The van der Waals surface area contributed by atoms with Crippen LogP contribution in [0.3, 0.4) is 0 Å². The third-order valence-electron chi connectivity index (χ3n) is 2.40. The molecule has 0 amide bonds. The van der Waals surface area contributed by atoms with Gasteiger partial charge < -0.3 is 4.74 Å². The third kappa shape index (κ3) is 2.58. The molecular formula is C11H14N2O3S. The Hall–Kier alpha value is -1.56. The van der Waals surface area contributed by atoms with Gasteiger partial charge in [-0.15, -0.1) is 0 Å². The van der Waals surface area contributed by atoms with Gasteiger partial charge in [0.2, 0.25) is 0 Å². The molecule has 92 valence electrons. The van der Waals surface area contributed by atoms with Crippen LogP contribution in [0.2, 0.25) is 0 Å². The Morgan fingerprint density at radius 2 is 2.12 bits per heavy atom. The molecular weight excluding hydrogens is 240 g/mol. The van der Waals surface area contributed by atoms with Crippen molar-refractivity contribution < 1.29 is 13.2 Å². The van der Waals surface area contributed by atoms with Crippen molar-refractivity contribution in [2.45, 2.75) is 6.92 Å². The Balaban J connectivity index is 2.44. The maximum atomic E-state index is 11.1. The van der Waals surface area contributed by atoms with E-state index in [1.807, 2.05) is 26.2 Å². The van der Waals surface area contributed by atoms with Crippen molar-refractivity contribution in [2.75, 3.05) is 12.2 Å². The second kappa shape index (κ2) is 4.03. The smallest absolute Gasteiger partial charge is 0.189 e. The van der Waals surface area contributed by atoms with E-state index in [2.05, 4.69) is 5.10 Å². The van der Waals surface area contributed by atoms with Crippen molar-refractivity contribution in [3.63, 3.8) is 0 Å². The van der Waals surface area contributed by atoms with E-state index in [0.29, 0.717) is 11.3 Å². The first-order valence-electron chi connectivity index (χ1n) is 5.10. The topological polar surface area (TPSA) is 61.2 Å². The van der Waals surface area contributed by atoms with E-state index >= 15 is 0 Å². The molecule has 0 saturated carbocycles. The summed E-state index contributed by atoms with van der Waals surface area (Å²) in [7, 11) is -1.33. The van der Waals surface area contributed by atoms with Gasteiger partial charge >= 0.3 is 0 Å². The lowest BCUT2D eigenvalue weighted by Crippen LogP contribution is -2.09. The van der Waals surface area contributed by atoms with Crippen LogP contribution in [-0.2, 0) is 16.9 Å². The van der Waals surface area contributed by atoms with Crippen LogP contribution in [0.4, 0.5) is 0 Å². The van der Waals surface area contributed by atoms with Gasteiger partial charge in [0.25, 0.3) is 0 Å². The molecule has 5 nitrogen and oxygen atoms in total. The molecule has 1 aromatic heterocycles. The van der Waals surface area contributed by atoms with Crippen molar-refractivity contribution >= 4 is 20.7 Å². The van der Waals surface area contributed by atoms with Gasteiger partial charge in [-0.05, 0) is 18.6 Å². The minimum Gasteiger partial charge on any atom is -0.475 e. The van der Waals surface area contributed by atoms with E-state index in [4.69, 9.17) is 4.74 Å². The van der Waals surface area contributed by atoms with Gasteiger partial charge in [0, 0.05) is 24.9 Å². The zero-order chi connectivity index (χ0) is 12.6. The van der Waals surface area contributed by atoms with Crippen molar-refractivity contribution in [1.29, 1.82) is 0 Å². The van der Waals surface area contributed by atoms with Crippen LogP contribution in [0, 0.1) is 6.92 Å². The summed E-state index contributed by atoms with van der Waals surface area (Å²) in [5.74, 6) is 0.165. The molecule has 0 bridgehead atoms. The lowest BCUT2D eigenvalue weighted by Gasteiger charge is -2.06. The number of aryl methyl sites for hydroxylation is 2. The molecule has 1 aromatic carbocycles. The summed E-state index contributed by atoms with van der Waals surface area (Å²) in [4.78, 5) is 0. The molecule has 0 aliphatic heterocycles. The Bertz CT molecular complexity index is 659. The summed E-state index contributed by atoms with van der Waals surface area (Å²) in [6, 6.07) is 3.64. The summed E-state index contributed by atoms with van der Waals surface area (Å²) in [5.41, 5.74) is 1.77. The third-order valence-corrected chi connectivity index (χ3v) is 2.95. The Morgan fingerprint density at radius 1 is 1.41 bits per heavy atom. The summed E-state index contributed by atoms with van der Waals surface area (Å²) < 4.78 is 29.1. The maximum Gasteiger partial charge on any atom is 0.189 e. The summed E-state index contributed by atoms with van der Waals surface area (Å²) in [6.45, 7) is 1.98. The summed E-state index contributed by atoms with van der Waals surface area (Å²) in [6.07, 6.45) is 3.02. The largest absolute Gasteiger partial charge is 0.475 e. The minimum atomic E-state index is -3.15. The molecule has 0 aliphatic carbocycles. The van der Waals surface area contributed by atoms with Crippen LogP contribution in [0.1, 0.15) is 5.56 Å². The fraction of sp³-hybridized carbons (Fsp3) is 0.364. The van der Waals surface area contributed by atoms with E-state index in [9.17, 15) is 8.42 Å². The molecule has 6 heteroatoms. The molecule has 0 spiro atoms. The molecule has 0 aliphatic rings. The number of nitrogens with zero attached hydrogens (tertiary/aromatic N) is 2.